The highest BCUT2D eigenvalue weighted by Crippen LogP contribution is 2.23. The Balaban J connectivity index is 2.57. The Kier molecular flexibility index (Phi) is 3.17. The molecule has 82 valence electrons. The fourth-order valence-corrected chi connectivity index (χ4v) is 1.41. The van der Waals surface area contributed by atoms with Gasteiger partial charge in [-0.15, -0.1) is 0 Å². The van der Waals surface area contributed by atoms with Crippen LogP contribution in [0.15, 0.2) is 0 Å². The largest absolute Gasteiger partial charge is 0.459 e. The molecule has 1 rings (SSSR count). The lowest BCUT2D eigenvalue weighted by Gasteiger charge is -2.41. The predicted molar refractivity (Wildman–Crippen MR) is 53.1 cm³/mol. The quantitative estimate of drug-likeness (QED) is 0.683. The van der Waals surface area contributed by atoms with Crippen LogP contribution in [0.4, 0.5) is 0 Å². The Hall–Kier alpha value is -0.610. The van der Waals surface area contributed by atoms with E-state index in [-0.39, 0.29) is 5.97 Å². The summed E-state index contributed by atoms with van der Waals surface area (Å²) in [5.74, 6) is -0.210. The van der Waals surface area contributed by atoms with Crippen molar-refractivity contribution in [3.63, 3.8) is 0 Å². The molecule has 4 heteroatoms. The zero-order valence-electron chi connectivity index (χ0n) is 9.35. The number of carbonyl (C=O) groups is 1. The van der Waals surface area contributed by atoms with Crippen molar-refractivity contribution in [1.29, 1.82) is 0 Å². The van der Waals surface area contributed by atoms with Gasteiger partial charge in [-0.25, -0.2) is 4.79 Å². The fraction of sp³-hybridized carbons (Fsp3) is 0.900. The predicted octanol–water partition coefficient (Wildman–Crippen LogP) is 0.707. The highest BCUT2D eigenvalue weighted by molar-refractivity contribution is 5.82. The van der Waals surface area contributed by atoms with Crippen LogP contribution in [0.5, 0.6) is 0 Å². The van der Waals surface area contributed by atoms with Crippen LogP contribution >= 0.6 is 0 Å². The van der Waals surface area contributed by atoms with Crippen LogP contribution in [-0.4, -0.2) is 37.4 Å². The van der Waals surface area contributed by atoms with E-state index >= 15 is 0 Å². The van der Waals surface area contributed by atoms with Gasteiger partial charge in [-0.2, -0.15) is 0 Å². The van der Waals surface area contributed by atoms with Crippen LogP contribution in [0.2, 0.25) is 0 Å². The Bertz CT molecular complexity index is 216. The molecule has 0 saturated carbocycles. The Morgan fingerprint density at radius 1 is 1.50 bits per heavy atom. The van der Waals surface area contributed by atoms with Gasteiger partial charge in [0.15, 0.2) is 0 Å². The number of methoxy groups -OCH3 is 1. The second-order valence-corrected chi connectivity index (χ2v) is 4.69. The van der Waals surface area contributed by atoms with Crippen LogP contribution in [0.25, 0.3) is 0 Å². The molecule has 0 aromatic carbocycles. The van der Waals surface area contributed by atoms with Gasteiger partial charge in [-0.05, 0) is 33.7 Å². The minimum Gasteiger partial charge on any atom is -0.459 e. The average Bonchev–Trinajstić information content (AvgIpc) is 1.92. The molecule has 4 nitrogen and oxygen atoms in total. The number of nitrogens with one attached hydrogen (secondary N) is 1. The maximum atomic E-state index is 11.8. The van der Waals surface area contributed by atoms with E-state index in [1.54, 1.807) is 7.11 Å². The standard InChI is InChI=1S/C10H19NO3/c1-9(2,3)14-8(12)10(7-13-4)5-6-11-10/h11H,5-7H2,1-4H3. The molecule has 1 aliphatic rings. The van der Waals surface area contributed by atoms with Crippen molar-refractivity contribution in [1.82, 2.24) is 5.32 Å². The van der Waals surface area contributed by atoms with Crippen molar-refractivity contribution in [2.45, 2.75) is 38.3 Å². The molecule has 1 aliphatic heterocycles. The summed E-state index contributed by atoms with van der Waals surface area (Å²) in [7, 11) is 1.59. The van der Waals surface area contributed by atoms with Gasteiger partial charge in [-0.3, -0.25) is 5.32 Å². The summed E-state index contributed by atoms with van der Waals surface area (Å²) in [6.45, 7) is 6.82. The van der Waals surface area contributed by atoms with Gasteiger partial charge in [0.25, 0.3) is 0 Å². The zero-order chi connectivity index (χ0) is 10.8. The number of ether oxygens (including phenoxy) is 2. The summed E-state index contributed by atoms with van der Waals surface area (Å²) < 4.78 is 10.3. The monoisotopic (exact) mass is 201 g/mol. The minimum atomic E-state index is -0.595. The third-order valence-corrected chi connectivity index (χ3v) is 2.20. The van der Waals surface area contributed by atoms with E-state index < -0.39 is 11.1 Å². The maximum Gasteiger partial charge on any atom is 0.329 e. The highest BCUT2D eigenvalue weighted by atomic mass is 16.6. The lowest BCUT2D eigenvalue weighted by molar-refractivity contribution is -0.169. The molecule has 0 radical (unpaired) electrons. The van der Waals surface area contributed by atoms with E-state index in [1.807, 2.05) is 20.8 Å². The van der Waals surface area contributed by atoms with Crippen molar-refractivity contribution >= 4 is 5.97 Å². The van der Waals surface area contributed by atoms with Gasteiger partial charge in [0.2, 0.25) is 0 Å². The molecular formula is C10H19NO3. The van der Waals surface area contributed by atoms with E-state index in [2.05, 4.69) is 5.32 Å². The lowest BCUT2D eigenvalue weighted by Crippen LogP contribution is -2.66. The topological polar surface area (TPSA) is 47.6 Å². The second-order valence-electron chi connectivity index (χ2n) is 4.69. The summed E-state index contributed by atoms with van der Waals surface area (Å²) in [6.07, 6.45) is 0.787. The number of rotatable bonds is 3. The molecule has 0 aliphatic carbocycles. The first-order chi connectivity index (χ1) is 6.40. The van der Waals surface area contributed by atoms with E-state index in [1.165, 1.54) is 0 Å². The Morgan fingerprint density at radius 3 is 2.36 bits per heavy atom. The van der Waals surface area contributed by atoms with Gasteiger partial charge in [0, 0.05) is 7.11 Å². The van der Waals surface area contributed by atoms with Gasteiger partial charge in [-0.1, -0.05) is 0 Å². The van der Waals surface area contributed by atoms with Crippen molar-refractivity contribution in [2.75, 3.05) is 20.3 Å². The lowest BCUT2D eigenvalue weighted by atomic mass is 9.88. The number of esters is 1. The normalized spacial score (nSPS) is 26.9. The first-order valence-electron chi connectivity index (χ1n) is 4.87. The number of carbonyl (C=O) groups excluding carboxylic acids is 1. The van der Waals surface area contributed by atoms with Crippen LogP contribution in [0, 0.1) is 0 Å². The smallest absolute Gasteiger partial charge is 0.329 e. The van der Waals surface area contributed by atoms with Crippen LogP contribution in [0.3, 0.4) is 0 Å². The van der Waals surface area contributed by atoms with Crippen molar-refractivity contribution in [2.24, 2.45) is 0 Å². The van der Waals surface area contributed by atoms with E-state index in [0.717, 1.165) is 13.0 Å². The summed E-state index contributed by atoms with van der Waals surface area (Å²) in [5.41, 5.74) is -1.03. The van der Waals surface area contributed by atoms with Crippen molar-refractivity contribution < 1.29 is 14.3 Å². The first kappa shape index (κ1) is 11.5. The van der Waals surface area contributed by atoms with Crippen molar-refractivity contribution in [3.05, 3.63) is 0 Å². The van der Waals surface area contributed by atoms with Crippen LogP contribution < -0.4 is 5.32 Å². The van der Waals surface area contributed by atoms with Gasteiger partial charge in [0.05, 0.1) is 6.61 Å². The average molecular weight is 201 g/mol. The van der Waals surface area contributed by atoms with E-state index in [0.29, 0.717) is 6.61 Å². The highest BCUT2D eigenvalue weighted by Gasteiger charge is 2.46. The first-order valence-corrected chi connectivity index (χ1v) is 4.87. The molecule has 0 bridgehead atoms. The summed E-state index contributed by atoms with van der Waals surface area (Å²) in [4.78, 5) is 11.8. The van der Waals surface area contributed by atoms with E-state index in [4.69, 9.17) is 9.47 Å². The molecule has 1 fully saturated rings. The fourth-order valence-electron chi connectivity index (χ4n) is 1.41. The minimum absolute atomic E-state index is 0.210. The summed E-state index contributed by atoms with van der Waals surface area (Å²) in [5, 5.41) is 3.08. The van der Waals surface area contributed by atoms with Crippen molar-refractivity contribution in [3.8, 4) is 0 Å². The van der Waals surface area contributed by atoms with Crippen LogP contribution in [-0.2, 0) is 14.3 Å². The van der Waals surface area contributed by atoms with Crippen LogP contribution in [0.1, 0.15) is 27.2 Å². The van der Waals surface area contributed by atoms with E-state index in [9.17, 15) is 4.79 Å². The number of hydrogen-bond acceptors (Lipinski definition) is 4. The molecule has 1 saturated heterocycles. The zero-order valence-corrected chi connectivity index (χ0v) is 9.35. The van der Waals surface area contributed by atoms with Gasteiger partial charge < -0.3 is 9.47 Å². The molecule has 1 N–H and O–H groups in total. The second kappa shape index (κ2) is 3.87. The summed E-state index contributed by atoms with van der Waals surface area (Å²) >= 11 is 0. The summed E-state index contributed by atoms with van der Waals surface area (Å²) in [6, 6.07) is 0. The molecule has 1 atom stereocenters. The van der Waals surface area contributed by atoms with Gasteiger partial charge >= 0.3 is 5.97 Å². The Morgan fingerprint density at radius 2 is 2.07 bits per heavy atom. The molecular weight excluding hydrogens is 182 g/mol. The Labute approximate surface area is 85.0 Å². The molecule has 0 amide bonds. The molecule has 0 aromatic heterocycles. The molecule has 1 heterocycles. The van der Waals surface area contributed by atoms with Gasteiger partial charge in [0.1, 0.15) is 11.1 Å². The number of hydrogen-bond donors (Lipinski definition) is 1. The molecule has 14 heavy (non-hydrogen) atoms. The maximum absolute atomic E-state index is 11.8. The molecule has 0 spiro atoms. The molecule has 0 aromatic rings. The third-order valence-electron chi connectivity index (χ3n) is 2.20. The SMILES string of the molecule is COCC1(C(=O)OC(C)(C)C)CCN1. The third kappa shape index (κ3) is 2.45. The molecule has 1 unspecified atom stereocenters.